The van der Waals surface area contributed by atoms with Crippen LogP contribution in [0.3, 0.4) is 0 Å². The second-order valence-electron chi connectivity index (χ2n) is 10.1. The molecule has 0 fully saturated rings. The molecular formula is C28H36N4O3. The highest BCUT2D eigenvalue weighted by atomic mass is 16.4. The molecule has 0 saturated heterocycles. The largest absolute Gasteiger partial charge is 0.481 e. The number of carboxylic acids is 1. The highest BCUT2D eigenvalue weighted by Crippen LogP contribution is 2.32. The number of carboxylic acid groups (broad SMARTS) is 1. The zero-order chi connectivity index (χ0) is 25.5. The number of nitrogens with one attached hydrogen (secondary N) is 1. The van der Waals surface area contributed by atoms with Gasteiger partial charge in [-0.3, -0.25) is 19.6 Å². The van der Waals surface area contributed by atoms with Crippen molar-refractivity contribution in [2.24, 2.45) is 11.8 Å². The number of hydrogen-bond donors (Lipinski definition) is 2. The van der Waals surface area contributed by atoms with Gasteiger partial charge in [-0.1, -0.05) is 46.8 Å². The molecule has 0 spiro atoms. The van der Waals surface area contributed by atoms with E-state index < -0.39 is 5.97 Å². The molecule has 0 aliphatic heterocycles. The fourth-order valence-corrected chi connectivity index (χ4v) is 4.27. The van der Waals surface area contributed by atoms with Crippen molar-refractivity contribution in [3.05, 3.63) is 59.9 Å². The van der Waals surface area contributed by atoms with Gasteiger partial charge in [-0.05, 0) is 53.1 Å². The minimum absolute atomic E-state index is 0.0343. The molecule has 0 bridgehead atoms. The molecule has 1 heterocycles. The molecule has 1 amide bonds. The number of rotatable bonds is 11. The average Bonchev–Trinajstić information content (AvgIpc) is 2.77. The van der Waals surface area contributed by atoms with E-state index in [2.05, 4.69) is 47.9 Å². The Balaban J connectivity index is 1.91. The number of amides is 1. The van der Waals surface area contributed by atoms with E-state index in [9.17, 15) is 14.7 Å². The number of aromatic nitrogens is 2. The number of benzene rings is 2. The van der Waals surface area contributed by atoms with E-state index in [-0.39, 0.29) is 24.7 Å². The average molecular weight is 477 g/mol. The molecular weight excluding hydrogens is 440 g/mol. The number of carbonyl (C=O) groups is 2. The Kier molecular flexibility index (Phi) is 8.79. The molecule has 3 aromatic rings. The van der Waals surface area contributed by atoms with Gasteiger partial charge in [-0.15, -0.1) is 0 Å². The van der Waals surface area contributed by atoms with Gasteiger partial charge in [0.25, 0.3) is 0 Å². The number of hydrogen-bond acceptors (Lipinski definition) is 5. The zero-order valence-corrected chi connectivity index (χ0v) is 21.3. The number of carbonyl (C=O) groups excluding carboxylic acids is 1. The van der Waals surface area contributed by atoms with Crippen molar-refractivity contribution in [3.8, 4) is 0 Å². The van der Waals surface area contributed by atoms with Crippen LogP contribution in [-0.2, 0) is 16.0 Å². The summed E-state index contributed by atoms with van der Waals surface area (Å²) in [5.74, 6) is -0.248. The Morgan fingerprint density at radius 2 is 1.57 bits per heavy atom. The van der Waals surface area contributed by atoms with E-state index in [0.717, 1.165) is 40.9 Å². The predicted octanol–water partition coefficient (Wildman–Crippen LogP) is 5.51. The summed E-state index contributed by atoms with van der Waals surface area (Å²) in [6.07, 6.45) is 3.52. The first-order chi connectivity index (χ1) is 16.6. The van der Waals surface area contributed by atoms with Crippen LogP contribution in [-0.4, -0.2) is 40.0 Å². The molecule has 2 N–H and O–H groups in total. The number of nitrogens with zero attached hydrogens (tertiary/aromatic N) is 3. The van der Waals surface area contributed by atoms with Crippen molar-refractivity contribution >= 4 is 34.3 Å². The summed E-state index contributed by atoms with van der Waals surface area (Å²) in [6.45, 7) is 12.3. The molecule has 186 valence electrons. The quantitative estimate of drug-likeness (QED) is 0.379. The van der Waals surface area contributed by atoms with Gasteiger partial charge < -0.3 is 15.3 Å². The van der Waals surface area contributed by atoms with Gasteiger partial charge in [0, 0.05) is 25.5 Å². The van der Waals surface area contributed by atoms with E-state index in [0.29, 0.717) is 17.5 Å². The van der Waals surface area contributed by atoms with Crippen LogP contribution in [0.2, 0.25) is 0 Å². The van der Waals surface area contributed by atoms with E-state index in [1.54, 1.807) is 12.4 Å². The molecule has 0 aliphatic carbocycles. The van der Waals surface area contributed by atoms with Crippen LogP contribution >= 0.6 is 0 Å². The first-order valence-corrected chi connectivity index (χ1v) is 12.2. The molecule has 7 nitrogen and oxygen atoms in total. The Morgan fingerprint density at radius 1 is 0.914 bits per heavy atom. The van der Waals surface area contributed by atoms with Crippen molar-refractivity contribution in [3.63, 3.8) is 0 Å². The SMILES string of the molecule is CC(C)CN(CC(C)C)c1ccc([C@@H](C)CC(=O)O)cc1NC(=O)Cc1ccc2nccnc2c1. The third-order valence-electron chi connectivity index (χ3n) is 5.75. The first-order valence-electron chi connectivity index (χ1n) is 12.2. The fraction of sp³-hybridized carbons (Fsp3) is 0.429. The van der Waals surface area contributed by atoms with Crippen LogP contribution in [0.25, 0.3) is 11.0 Å². The molecule has 0 unspecified atom stereocenters. The molecule has 2 aromatic carbocycles. The minimum atomic E-state index is -0.840. The van der Waals surface area contributed by atoms with Crippen LogP contribution in [0, 0.1) is 11.8 Å². The Hall–Kier alpha value is -3.48. The minimum Gasteiger partial charge on any atom is -0.481 e. The summed E-state index contributed by atoms with van der Waals surface area (Å²) >= 11 is 0. The summed E-state index contributed by atoms with van der Waals surface area (Å²) in [5, 5.41) is 12.4. The maximum Gasteiger partial charge on any atom is 0.303 e. The summed E-state index contributed by atoms with van der Waals surface area (Å²) in [4.78, 5) is 35.3. The van der Waals surface area contributed by atoms with Gasteiger partial charge >= 0.3 is 5.97 Å². The smallest absolute Gasteiger partial charge is 0.303 e. The van der Waals surface area contributed by atoms with Crippen LogP contribution in [0.15, 0.2) is 48.8 Å². The van der Waals surface area contributed by atoms with Gasteiger partial charge in [0.1, 0.15) is 0 Å². The molecule has 1 aromatic heterocycles. The molecule has 0 saturated carbocycles. The molecule has 7 heteroatoms. The third kappa shape index (κ3) is 7.50. The topological polar surface area (TPSA) is 95.4 Å². The molecule has 0 aliphatic rings. The van der Waals surface area contributed by atoms with Crippen LogP contribution in [0.4, 0.5) is 11.4 Å². The Labute approximate surface area is 207 Å². The van der Waals surface area contributed by atoms with E-state index in [4.69, 9.17) is 0 Å². The number of anilines is 2. The lowest BCUT2D eigenvalue weighted by molar-refractivity contribution is -0.137. The number of aliphatic carboxylic acids is 1. The second kappa shape index (κ2) is 11.8. The second-order valence-corrected chi connectivity index (χ2v) is 10.1. The van der Waals surface area contributed by atoms with Crippen LogP contribution < -0.4 is 10.2 Å². The first kappa shape index (κ1) is 26.1. The maximum absolute atomic E-state index is 13.1. The molecule has 1 atom stereocenters. The van der Waals surface area contributed by atoms with Crippen molar-refractivity contribution in [1.29, 1.82) is 0 Å². The monoisotopic (exact) mass is 476 g/mol. The van der Waals surface area contributed by atoms with E-state index in [1.807, 2.05) is 43.3 Å². The lowest BCUT2D eigenvalue weighted by Gasteiger charge is -2.31. The lowest BCUT2D eigenvalue weighted by atomic mass is 9.96. The summed E-state index contributed by atoms with van der Waals surface area (Å²) in [5.41, 5.74) is 4.96. The molecule has 35 heavy (non-hydrogen) atoms. The fourth-order valence-electron chi connectivity index (χ4n) is 4.27. The molecule has 3 rings (SSSR count). The van der Waals surface area contributed by atoms with Crippen molar-refractivity contribution in [1.82, 2.24) is 9.97 Å². The van der Waals surface area contributed by atoms with Crippen LogP contribution in [0.1, 0.15) is 58.1 Å². The highest BCUT2D eigenvalue weighted by molar-refractivity contribution is 5.96. The highest BCUT2D eigenvalue weighted by Gasteiger charge is 2.19. The number of fused-ring (bicyclic) bond motifs is 1. The standard InChI is InChI=1S/C28H36N4O3/c1-18(2)16-32(17-19(3)4)26-9-7-22(20(5)12-28(34)35)15-25(26)31-27(33)14-21-6-8-23-24(13-21)30-11-10-29-23/h6-11,13,15,18-20H,12,14,16-17H2,1-5H3,(H,31,33)(H,34,35)/t20-/m0/s1. The normalized spacial score (nSPS) is 12.2. The molecule has 0 radical (unpaired) electrons. The van der Waals surface area contributed by atoms with Gasteiger partial charge in [-0.25, -0.2) is 0 Å². The van der Waals surface area contributed by atoms with Crippen molar-refractivity contribution in [2.45, 2.75) is 53.4 Å². The summed E-state index contributed by atoms with van der Waals surface area (Å²) in [6, 6.07) is 11.6. The van der Waals surface area contributed by atoms with E-state index in [1.165, 1.54) is 0 Å². The Bertz CT molecular complexity index is 1170. The van der Waals surface area contributed by atoms with Crippen molar-refractivity contribution < 1.29 is 14.7 Å². The summed E-state index contributed by atoms with van der Waals surface area (Å²) in [7, 11) is 0. The van der Waals surface area contributed by atoms with Crippen LogP contribution in [0.5, 0.6) is 0 Å². The lowest BCUT2D eigenvalue weighted by Crippen LogP contribution is -2.32. The predicted molar refractivity (Wildman–Crippen MR) is 141 cm³/mol. The summed E-state index contributed by atoms with van der Waals surface area (Å²) < 4.78 is 0. The zero-order valence-electron chi connectivity index (χ0n) is 21.3. The Morgan fingerprint density at radius 3 is 2.20 bits per heavy atom. The van der Waals surface area contributed by atoms with Crippen molar-refractivity contribution in [2.75, 3.05) is 23.3 Å². The van der Waals surface area contributed by atoms with Gasteiger partial charge in [-0.2, -0.15) is 0 Å². The van der Waals surface area contributed by atoms with Gasteiger partial charge in [0.05, 0.1) is 35.2 Å². The van der Waals surface area contributed by atoms with Gasteiger partial charge in [0.15, 0.2) is 0 Å². The maximum atomic E-state index is 13.1. The third-order valence-corrected chi connectivity index (χ3v) is 5.75. The van der Waals surface area contributed by atoms with E-state index >= 15 is 0 Å². The van der Waals surface area contributed by atoms with Gasteiger partial charge in [0.2, 0.25) is 5.91 Å².